The summed E-state index contributed by atoms with van der Waals surface area (Å²) in [6.07, 6.45) is 5.06. The number of rotatable bonds is 4. The topological polar surface area (TPSA) is 34.3 Å². The number of aryl methyl sites for hydroxylation is 1. The van der Waals surface area contributed by atoms with E-state index in [-0.39, 0.29) is 0 Å². The number of nitrogens with one attached hydrogen (secondary N) is 2. The first-order valence-corrected chi connectivity index (χ1v) is 11.5. The first kappa shape index (κ1) is 19.7. The van der Waals surface area contributed by atoms with Gasteiger partial charge in [0, 0.05) is 53.0 Å². The van der Waals surface area contributed by atoms with Gasteiger partial charge in [-0.25, -0.2) is 0 Å². The predicted octanol–water partition coefficient (Wildman–Crippen LogP) is 4.80. The lowest BCUT2D eigenvalue weighted by molar-refractivity contribution is 0.217. The summed E-state index contributed by atoms with van der Waals surface area (Å²) < 4.78 is 0. The van der Waals surface area contributed by atoms with E-state index in [4.69, 9.17) is 0 Å². The number of hydrogen-bond acceptors (Lipinski definition) is 3. The third-order valence-corrected chi connectivity index (χ3v) is 7.09. The van der Waals surface area contributed by atoms with Gasteiger partial charge in [-0.15, -0.1) is 0 Å². The Morgan fingerprint density at radius 1 is 0.867 bits per heavy atom. The fourth-order valence-corrected chi connectivity index (χ4v) is 5.13. The molecular weight excluding hydrogens is 368 g/mol. The second kappa shape index (κ2) is 8.44. The Balaban J connectivity index is 1.26. The van der Waals surface area contributed by atoms with Crippen LogP contribution >= 0.6 is 0 Å². The van der Waals surface area contributed by atoms with E-state index in [1.165, 1.54) is 72.2 Å². The van der Waals surface area contributed by atoms with Gasteiger partial charge in [-0.05, 0) is 82.6 Å². The molecule has 4 nitrogen and oxygen atoms in total. The second-order valence-corrected chi connectivity index (χ2v) is 9.28. The molecule has 0 spiro atoms. The Morgan fingerprint density at radius 2 is 1.57 bits per heavy atom. The largest absolute Gasteiger partial charge is 0.371 e. The van der Waals surface area contributed by atoms with Crippen molar-refractivity contribution >= 4 is 16.6 Å². The molecule has 3 heterocycles. The number of nitrogens with zero attached hydrogens (tertiary/aromatic N) is 2. The maximum Gasteiger partial charge on any atom is 0.0468 e. The van der Waals surface area contributed by atoms with Crippen molar-refractivity contribution in [1.29, 1.82) is 0 Å². The molecule has 2 N–H and O–H groups in total. The molecule has 0 unspecified atom stereocenters. The quantitative estimate of drug-likeness (QED) is 0.658. The summed E-state index contributed by atoms with van der Waals surface area (Å²) in [5, 5.41) is 5.23. The van der Waals surface area contributed by atoms with Gasteiger partial charge >= 0.3 is 0 Å². The fraction of sp³-hybridized carbons (Fsp3) is 0.462. The molecule has 3 aromatic rings. The molecule has 2 aromatic carbocycles. The van der Waals surface area contributed by atoms with E-state index in [0.717, 1.165) is 13.1 Å². The van der Waals surface area contributed by atoms with Gasteiger partial charge in [-0.1, -0.05) is 24.3 Å². The molecule has 5 rings (SSSR count). The van der Waals surface area contributed by atoms with Crippen molar-refractivity contribution in [3.63, 3.8) is 0 Å². The molecule has 0 radical (unpaired) electrons. The van der Waals surface area contributed by atoms with Gasteiger partial charge in [-0.3, -0.25) is 0 Å². The van der Waals surface area contributed by atoms with E-state index in [9.17, 15) is 0 Å². The molecule has 4 heteroatoms. The molecule has 1 aromatic heterocycles. The Bertz CT molecular complexity index is 958. The van der Waals surface area contributed by atoms with Crippen LogP contribution in [-0.4, -0.2) is 55.2 Å². The lowest BCUT2D eigenvalue weighted by atomic mass is 9.98. The zero-order chi connectivity index (χ0) is 20.5. The molecular formula is C26H34N4. The summed E-state index contributed by atoms with van der Waals surface area (Å²) in [6.45, 7) is 6.95. The van der Waals surface area contributed by atoms with Gasteiger partial charge in [0.2, 0.25) is 0 Å². The number of H-pyrrole nitrogens is 1. The summed E-state index contributed by atoms with van der Waals surface area (Å²) in [5.41, 5.74) is 6.42. The highest BCUT2D eigenvalue weighted by Gasteiger charge is 2.24. The first-order chi connectivity index (χ1) is 14.7. The molecule has 0 amide bonds. The van der Waals surface area contributed by atoms with Crippen LogP contribution in [0.25, 0.3) is 22.2 Å². The van der Waals surface area contributed by atoms with E-state index in [1.807, 2.05) is 0 Å². The van der Waals surface area contributed by atoms with Crippen LogP contribution in [0.15, 0.2) is 48.5 Å². The van der Waals surface area contributed by atoms with E-state index < -0.39 is 0 Å². The zero-order valence-corrected chi connectivity index (χ0v) is 18.3. The van der Waals surface area contributed by atoms with E-state index in [1.54, 1.807) is 0 Å². The van der Waals surface area contributed by atoms with Crippen molar-refractivity contribution < 1.29 is 0 Å². The molecule has 0 bridgehead atoms. The van der Waals surface area contributed by atoms with E-state index in [0.29, 0.717) is 12.1 Å². The molecule has 2 aliphatic heterocycles. The maximum absolute atomic E-state index is 3.95. The number of aromatic amines is 1. The number of piperidine rings is 2. The minimum absolute atomic E-state index is 0.674. The zero-order valence-electron chi connectivity index (χ0n) is 18.3. The maximum atomic E-state index is 3.95. The van der Waals surface area contributed by atoms with Crippen LogP contribution in [0.2, 0.25) is 0 Å². The molecule has 158 valence electrons. The molecule has 2 fully saturated rings. The predicted molar refractivity (Wildman–Crippen MR) is 127 cm³/mol. The average Bonchev–Trinajstić information content (AvgIpc) is 3.20. The monoisotopic (exact) mass is 402 g/mol. The number of aromatic nitrogens is 1. The molecule has 30 heavy (non-hydrogen) atoms. The fourth-order valence-electron chi connectivity index (χ4n) is 5.13. The Morgan fingerprint density at radius 3 is 2.30 bits per heavy atom. The molecule has 0 saturated carbocycles. The molecule has 2 saturated heterocycles. The van der Waals surface area contributed by atoms with Gasteiger partial charge in [0.15, 0.2) is 0 Å². The van der Waals surface area contributed by atoms with Crippen LogP contribution in [0.3, 0.4) is 0 Å². The number of hydrogen-bond donors (Lipinski definition) is 2. The van der Waals surface area contributed by atoms with Crippen molar-refractivity contribution in [3.05, 3.63) is 54.1 Å². The van der Waals surface area contributed by atoms with Crippen LogP contribution in [0, 0.1) is 6.92 Å². The van der Waals surface area contributed by atoms with Crippen molar-refractivity contribution in [1.82, 2.24) is 15.2 Å². The number of anilines is 1. The standard InChI is InChI=1S/C26H34N4/c1-19-7-8-23(18-24(19)26-17-20-5-3-4-6-25(20)28-26)30-15-11-22(12-16-30)27-21-9-13-29(2)14-10-21/h3-8,17-18,21-22,27-28H,9-16H2,1-2H3. The number of fused-ring (bicyclic) bond motifs is 1. The number of para-hydroxylation sites is 1. The Kier molecular flexibility index (Phi) is 5.53. The van der Waals surface area contributed by atoms with Crippen LogP contribution in [0.4, 0.5) is 5.69 Å². The van der Waals surface area contributed by atoms with Crippen molar-refractivity contribution in [3.8, 4) is 11.3 Å². The normalized spacial score (nSPS) is 19.6. The van der Waals surface area contributed by atoms with Crippen molar-refractivity contribution in [2.75, 3.05) is 38.1 Å². The lowest BCUT2D eigenvalue weighted by Crippen LogP contribution is -2.49. The molecule has 0 aliphatic carbocycles. The van der Waals surface area contributed by atoms with Gasteiger partial charge < -0.3 is 20.1 Å². The third kappa shape index (κ3) is 4.12. The number of likely N-dealkylation sites (tertiary alicyclic amines) is 1. The van der Waals surface area contributed by atoms with Crippen LogP contribution < -0.4 is 10.2 Å². The smallest absolute Gasteiger partial charge is 0.0468 e. The van der Waals surface area contributed by atoms with Gasteiger partial charge in [0.1, 0.15) is 0 Å². The van der Waals surface area contributed by atoms with E-state index in [2.05, 4.69) is 82.6 Å². The van der Waals surface area contributed by atoms with Gasteiger partial charge in [-0.2, -0.15) is 0 Å². The highest BCUT2D eigenvalue weighted by molar-refractivity contribution is 5.87. The van der Waals surface area contributed by atoms with E-state index >= 15 is 0 Å². The Labute approximate surface area is 180 Å². The lowest BCUT2D eigenvalue weighted by Gasteiger charge is -2.38. The average molecular weight is 403 g/mol. The minimum Gasteiger partial charge on any atom is -0.371 e. The minimum atomic E-state index is 0.674. The van der Waals surface area contributed by atoms with Crippen LogP contribution in [0.1, 0.15) is 31.2 Å². The summed E-state index contributed by atoms with van der Waals surface area (Å²) in [4.78, 5) is 8.62. The van der Waals surface area contributed by atoms with Gasteiger partial charge in [0.25, 0.3) is 0 Å². The van der Waals surface area contributed by atoms with Crippen molar-refractivity contribution in [2.24, 2.45) is 0 Å². The summed E-state index contributed by atoms with van der Waals surface area (Å²) in [5.74, 6) is 0. The van der Waals surface area contributed by atoms with Crippen LogP contribution in [-0.2, 0) is 0 Å². The molecule has 0 atom stereocenters. The summed E-state index contributed by atoms with van der Waals surface area (Å²) >= 11 is 0. The molecule has 2 aliphatic rings. The Hall–Kier alpha value is -2.30. The summed E-state index contributed by atoms with van der Waals surface area (Å²) in [7, 11) is 2.24. The van der Waals surface area contributed by atoms with Crippen LogP contribution in [0.5, 0.6) is 0 Å². The SMILES string of the molecule is Cc1ccc(N2CCC(NC3CCN(C)CC3)CC2)cc1-c1cc2ccccc2[nH]1. The first-order valence-electron chi connectivity index (χ1n) is 11.5. The summed E-state index contributed by atoms with van der Waals surface area (Å²) in [6, 6.07) is 19.1. The third-order valence-electron chi connectivity index (χ3n) is 7.09. The van der Waals surface area contributed by atoms with Gasteiger partial charge in [0.05, 0.1) is 0 Å². The van der Waals surface area contributed by atoms with Crippen molar-refractivity contribution in [2.45, 2.75) is 44.7 Å². The highest BCUT2D eigenvalue weighted by Crippen LogP contribution is 2.31. The second-order valence-electron chi connectivity index (χ2n) is 9.28. The number of benzene rings is 2. The highest BCUT2D eigenvalue weighted by atomic mass is 15.2.